The van der Waals surface area contributed by atoms with E-state index in [0.717, 1.165) is 50.4 Å². The van der Waals surface area contributed by atoms with Gasteiger partial charge in [0.1, 0.15) is 0 Å². The monoisotopic (exact) mass is 348 g/mol. The van der Waals surface area contributed by atoms with Crippen LogP contribution in [0.25, 0.3) is 0 Å². The smallest absolute Gasteiger partial charge is 0.228 e. The molecule has 1 heterocycles. The summed E-state index contributed by atoms with van der Waals surface area (Å²) in [7, 11) is 1.77. The lowest BCUT2D eigenvalue weighted by Crippen LogP contribution is -2.62. The van der Waals surface area contributed by atoms with Gasteiger partial charge in [0.05, 0.1) is 5.41 Å². The Bertz CT molecular complexity index is 459. The third-order valence-electron chi connectivity index (χ3n) is 7.65. The Morgan fingerprint density at radius 2 is 1.52 bits per heavy atom. The second kappa shape index (κ2) is 6.84. The third kappa shape index (κ3) is 3.25. The van der Waals surface area contributed by atoms with Crippen molar-refractivity contribution in [1.82, 2.24) is 9.80 Å². The first-order chi connectivity index (χ1) is 12.0. The van der Waals surface area contributed by atoms with Gasteiger partial charge in [-0.3, -0.25) is 9.69 Å². The minimum absolute atomic E-state index is 0.0202. The number of methoxy groups -OCH3 is 1. The Labute approximate surface area is 153 Å². The summed E-state index contributed by atoms with van der Waals surface area (Å²) < 4.78 is 5.21. The van der Waals surface area contributed by atoms with E-state index < -0.39 is 0 Å². The first-order valence-corrected chi connectivity index (χ1v) is 10.5. The first-order valence-electron chi connectivity index (χ1n) is 10.5. The van der Waals surface area contributed by atoms with Crippen LogP contribution in [-0.4, -0.2) is 61.1 Å². The summed E-state index contributed by atoms with van der Waals surface area (Å²) in [6.45, 7) is 8.32. The topological polar surface area (TPSA) is 32.8 Å². The van der Waals surface area contributed by atoms with Gasteiger partial charge >= 0.3 is 0 Å². The van der Waals surface area contributed by atoms with E-state index in [1.54, 1.807) is 7.11 Å². The highest BCUT2D eigenvalue weighted by molar-refractivity contribution is 5.83. The molecule has 1 saturated heterocycles. The molecule has 0 aromatic carbocycles. The number of carbonyl (C=O) groups excluding carboxylic acids is 1. The van der Waals surface area contributed by atoms with Crippen molar-refractivity contribution in [2.75, 3.05) is 33.4 Å². The molecular weight excluding hydrogens is 312 g/mol. The molecule has 0 aromatic rings. The van der Waals surface area contributed by atoms with Gasteiger partial charge in [-0.2, -0.15) is 0 Å². The molecule has 4 nitrogen and oxygen atoms in total. The van der Waals surface area contributed by atoms with E-state index in [4.69, 9.17) is 4.74 Å². The van der Waals surface area contributed by atoms with Crippen LogP contribution in [-0.2, 0) is 9.53 Å². The number of piperazine rings is 1. The molecule has 0 spiro atoms. The van der Waals surface area contributed by atoms with Gasteiger partial charge in [0.2, 0.25) is 5.91 Å². The quantitative estimate of drug-likeness (QED) is 0.716. The summed E-state index contributed by atoms with van der Waals surface area (Å²) in [6.07, 6.45) is 8.87. The molecule has 5 fully saturated rings. The molecule has 142 valence electrons. The van der Waals surface area contributed by atoms with E-state index in [9.17, 15) is 4.79 Å². The standard InChI is InChI=1S/C21H36N2O2/c1-15-13-22(14-16(2)23(15)5-4-6-25-3)20(24)21-10-17-7-18(11-21)9-19(8-17)12-21/h15-19H,4-14H2,1-3H3. The first kappa shape index (κ1) is 17.8. The fourth-order valence-corrected chi connectivity index (χ4v) is 7.06. The summed E-state index contributed by atoms with van der Waals surface area (Å²) >= 11 is 0. The molecule has 0 aromatic heterocycles. The van der Waals surface area contributed by atoms with Crippen molar-refractivity contribution in [3.63, 3.8) is 0 Å². The molecule has 0 radical (unpaired) electrons. The summed E-state index contributed by atoms with van der Waals surface area (Å²) in [6, 6.07) is 0.914. The van der Waals surface area contributed by atoms with E-state index in [2.05, 4.69) is 23.6 Å². The largest absolute Gasteiger partial charge is 0.385 e. The van der Waals surface area contributed by atoms with Gasteiger partial charge in [-0.05, 0) is 76.5 Å². The lowest BCUT2D eigenvalue weighted by Gasteiger charge is -2.57. The van der Waals surface area contributed by atoms with Crippen LogP contribution in [0.15, 0.2) is 0 Å². The Morgan fingerprint density at radius 3 is 2.00 bits per heavy atom. The highest BCUT2D eigenvalue weighted by Gasteiger charge is 2.56. The predicted octanol–water partition coefficient (Wildman–Crippen LogP) is 3.16. The molecule has 2 atom stereocenters. The van der Waals surface area contributed by atoms with Crippen LogP contribution in [0.1, 0.15) is 58.8 Å². The number of ether oxygens (including phenoxy) is 1. The van der Waals surface area contributed by atoms with E-state index in [1.807, 2.05) is 0 Å². The molecule has 2 unspecified atom stereocenters. The Kier molecular flexibility index (Phi) is 4.87. The van der Waals surface area contributed by atoms with Crippen LogP contribution in [0.2, 0.25) is 0 Å². The molecule has 4 aliphatic carbocycles. The van der Waals surface area contributed by atoms with Crippen LogP contribution >= 0.6 is 0 Å². The van der Waals surface area contributed by atoms with Gasteiger partial charge in [0, 0.05) is 45.4 Å². The fourth-order valence-electron chi connectivity index (χ4n) is 7.06. The normalized spacial score (nSPS) is 43.6. The minimum atomic E-state index is 0.0202. The van der Waals surface area contributed by atoms with Crippen LogP contribution in [0, 0.1) is 23.2 Å². The number of hydrogen-bond donors (Lipinski definition) is 0. The number of carbonyl (C=O) groups is 1. The maximum absolute atomic E-state index is 13.6. The van der Waals surface area contributed by atoms with E-state index >= 15 is 0 Å². The molecule has 1 amide bonds. The van der Waals surface area contributed by atoms with Gasteiger partial charge in [-0.15, -0.1) is 0 Å². The highest BCUT2D eigenvalue weighted by atomic mass is 16.5. The number of nitrogens with zero attached hydrogens (tertiary/aromatic N) is 2. The zero-order valence-corrected chi connectivity index (χ0v) is 16.4. The average molecular weight is 349 g/mol. The van der Waals surface area contributed by atoms with Gasteiger partial charge in [0.25, 0.3) is 0 Å². The lowest BCUT2D eigenvalue weighted by atomic mass is 9.49. The maximum atomic E-state index is 13.6. The Morgan fingerprint density at radius 1 is 1.00 bits per heavy atom. The Hall–Kier alpha value is -0.610. The van der Waals surface area contributed by atoms with Crippen molar-refractivity contribution in [3.05, 3.63) is 0 Å². The predicted molar refractivity (Wildman–Crippen MR) is 99.3 cm³/mol. The zero-order valence-electron chi connectivity index (χ0n) is 16.4. The van der Waals surface area contributed by atoms with Crippen molar-refractivity contribution in [2.24, 2.45) is 23.2 Å². The third-order valence-corrected chi connectivity index (χ3v) is 7.65. The zero-order chi connectivity index (χ0) is 17.6. The summed E-state index contributed by atoms with van der Waals surface area (Å²) in [5, 5.41) is 0. The molecule has 25 heavy (non-hydrogen) atoms. The van der Waals surface area contributed by atoms with E-state index in [-0.39, 0.29) is 5.41 Å². The average Bonchev–Trinajstić information content (AvgIpc) is 2.55. The number of amides is 1. The molecule has 5 aliphatic rings. The van der Waals surface area contributed by atoms with E-state index in [1.165, 1.54) is 38.5 Å². The second-order valence-corrected chi connectivity index (χ2v) is 9.69. The maximum Gasteiger partial charge on any atom is 0.228 e. The fraction of sp³-hybridized carbons (Fsp3) is 0.952. The van der Waals surface area contributed by atoms with Gasteiger partial charge in [-0.25, -0.2) is 0 Å². The minimum Gasteiger partial charge on any atom is -0.385 e. The van der Waals surface area contributed by atoms with Crippen LogP contribution in [0.5, 0.6) is 0 Å². The highest BCUT2D eigenvalue weighted by Crippen LogP contribution is 2.60. The second-order valence-electron chi connectivity index (χ2n) is 9.69. The van der Waals surface area contributed by atoms with Gasteiger partial charge < -0.3 is 9.64 Å². The van der Waals surface area contributed by atoms with Crippen molar-refractivity contribution >= 4 is 5.91 Å². The molecule has 4 heteroatoms. The number of rotatable bonds is 5. The van der Waals surface area contributed by atoms with Crippen LogP contribution < -0.4 is 0 Å². The van der Waals surface area contributed by atoms with E-state index in [0.29, 0.717) is 18.0 Å². The summed E-state index contributed by atoms with van der Waals surface area (Å²) in [4.78, 5) is 18.4. The van der Waals surface area contributed by atoms with Crippen LogP contribution in [0.3, 0.4) is 0 Å². The Balaban J connectivity index is 1.42. The van der Waals surface area contributed by atoms with Crippen molar-refractivity contribution < 1.29 is 9.53 Å². The SMILES string of the molecule is COCCCN1C(C)CN(C(=O)C23CC4CC(CC(C4)C2)C3)CC1C. The molecular formula is C21H36N2O2. The van der Waals surface area contributed by atoms with Gasteiger partial charge in [0.15, 0.2) is 0 Å². The molecule has 4 saturated carbocycles. The molecule has 4 bridgehead atoms. The van der Waals surface area contributed by atoms with Crippen molar-refractivity contribution in [2.45, 2.75) is 70.9 Å². The van der Waals surface area contributed by atoms with Crippen molar-refractivity contribution in [1.29, 1.82) is 0 Å². The summed E-state index contributed by atoms with van der Waals surface area (Å²) in [5.41, 5.74) is 0.0202. The van der Waals surface area contributed by atoms with Crippen molar-refractivity contribution in [3.8, 4) is 0 Å². The molecule has 1 aliphatic heterocycles. The van der Waals surface area contributed by atoms with Crippen LogP contribution in [0.4, 0.5) is 0 Å². The number of hydrogen-bond acceptors (Lipinski definition) is 3. The summed E-state index contributed by atoms with van der Waals surface area (Å²) in [5.74, 6) is 3.06. The lowest BCUT2D eigenvalue weighted by molar-refractivity contribution is -0.161. The molecule has 0 N–H and O–H groups in total. The molecule has 5 rings (SSSR count). The van der Waals surface area contributed by atoms with Gasteiger partial charge in [-0.1, -0.05) is 0 Å².